The van der Waals surface area contributed by atoms with Crippen molar-refractivity contribution < 1.29 is 19.1 Å². The highest BCUT2D eigenvalue weighted by Gasteiger charge is 2.56. The number of likely N-dealkylation sites (N-methyl/N-ethyl adjacent to an activating group) is 1. The van der Waals surface area contributed by atoms with Gasteiger partial charge in [-0.05, 0) is 61.9 Å². The first-order valence-corrected chi connectivity index (χ1v) is 15.7. The smallest absolute Gasteiger partial charge is 0.247 e. The second kappa shape index (κ2) is 13.8. The van der Waals surface area contributed by atoms with Crippen LogP contribution in [0, 0.1) is 5.41 Å². The Kier molecular flexibility index (Phi) is 10.6. The molecule has 3 amide bonds. The third kappa shape index (κ3) is 6.96. The Morgan fingerprint density at radius 2 is 1.79 bits per heavy atom. The average Bonchev–Trinajstić information content (AvgIpc) is 3.17. The zero-order valence-corrected chi connectivity index (χ0v) is 26.4. The summed E-state index contributed by atoms with van der Waals surface area (Å²) in [6, 6.07) is 16.3. The highest BCUT2D eigenvalue weighted by atomic mass is 35.5. The van der Waals surface area contributed by atoms with E-state index in [1.807, 2.05) is 44.2 Å². The van der Waals surface area contributed by atoms with Crippen LogP contribution in [-0.2, 0) is 25.5 Å². The van der Waals surface area contributed by atoms with Gasteiger partial charge in [0.1, 0.15) is 18.3 Å². The van der Waals surface area contributed by atoms with E-state index in [2.05, 4.69) is 40.2 Å². The van der Waals surface area contributed by atoms with Gasteiger partial charge in [0.15, 0.2) is 0 Å². The standard InChI is InChI=1S/C32H42N4O4S.ClH/c1-20(33-4)29(37)35-26-17-22(19-41-23-13-6-5-7-14-23)40-27-18-32(2,3)28(36(27)31(26)39)30(38)34-25-16-10-12-21-11-8-9-15-24(21)25;/h5-9,11,13-15,20,22,25-28,33H,10,12,16-19H2,1-4H3,(H,34,38)(H,35,37);1H/t20?,22?,25-,26?,27?,28?;/m0./s1. The van der Waals surface area contributed by atoms with E-state index in [-0.39, 0.29) is 42.3 Å². The number of carbonyl (C=O) groups excluding carboxylic acids is 3. The van der Waals surface area contributed by atoms with Crippen molar-refractivity contribution in [2.45, 2.75) is 94.3 Å². The van der Waals surface area contributed by atoms with E-state index < -0.39 is 29.8 Å². The van der Waals surface area contributed by atoms with Gasteiger partial charge in [0.2, 0.25) is 17.7 Å². The maximum absolute atomic E-state index is 14.2. The van der Waals surface area contributed by atoms with Gasteiger partial charge in [-0.15, -0.1) is 24.2 Å². The molecule has 1 aliphatic carbocycles. The summed E-state index contributed by atoms with van der Waals surface area (Å²) in [4.78, 5) is 44.0. The SMILES string of the molecule is CNC(C)C(=O)NC1CC(CSc2ccccc2)OC2CC(C)(C)C(C(=O)N[C@H]3CCCc4ccccc43)N2C1=O.Cl. The molecule has 0 saturated carbocycles. The number of aryl methyl sites for hydroxylation is 1. The van der Waals surface area contributed by atoms with Crippen molar-refractivity contribution in [2.24, 2.45) is 5.41 Å². The molecule has 2 heterocycles. The molecule has 0 bridgehead atoms. The molecule has 2 fully saturated rings. The summed E-state index contributed by atoms with van der Waals surface area (Å²) < 4.78 is 6.63. The number of fused-ring (bicyclic) bond motifs is 2. The monoisotopic (exact) mass is 614 g/mol. The second-order valence-electron chi connectivity index (χ2n) is 12.1. The molecule has 10 heteroatoms. The van der Waals surface area contributed by atoms with Crippen LogP contribution >= 0.6 is 24.2 Å². The van der Waals surface area contributed by atoms with Crippen molar-refractivity contribution in [3.8, 4) is 0 Å². The lowest BCUT2D eigenvalue weighted by Gasteiger charge is -2.35. The van der Waals surface area contributed by atoms with E-state index in [1.165, 1.54) is 5.56 Å². The quantitative estimate of drug-likeness (QED) is 0.385. The van der Waals surface area contributed by atoms with E-state index in [4.69, 9.17) is 4.74 Å². The predicted molar refractivity (Wildman–Crippen MR) is 167 cm³/mol. The van der Waals surface area contributed by atoms with E-state index >= 15 is 0 Å². The number of halogens is 1. The number of ether oxygens (including phenoxy) is 1. The van der Waals surface area contributed by atoms with Crippen LogP contribution in [0.4, 0.5) is 0 Å². The summed E-state index contributed by atoms with van der Waals surface area (Å²) in [5.74, 6) is -0.0428. The van der Waals surface area contributed by atoms with Gasteiger partial charge in [-0.2, -0.15) is 0 Å². The van der Waals surface area contributed by atoms with Crippen LogP contribution in [0.25, 0.3) is 0 Å². The number of hydrogen-bond donors (Lipinski definition) is 3. The Bertz CT molecular complexity index is 1260. The van der Waals surface area contributed by atoms with Crippen molar-refractivity contribution in [1.82, 2.24) is 20.9 Å². The van der Waals surface area contributed by atoms with Gasteiger partial charge in [0.05, 0.1) is 18.2 Å². The number of thioether (sulfide) groups is 1. The molecule has 8 nitrogen and oxygen atoms in total. The van der Waals surface area contributed by atoms with Crippen molar-refractivity contribution >= 4 is 41.9 Å². The number of rotatable bonds is 8. The predicted octanol–water partition coefficient (Wildman–Crippen LogP) is 4.23. The first-order chi connectivity index (χ1) is 19.7. The molecule has 2 aliphatic heterocycles. The molecule has 0 radical (unpaired) electrons. The normalized spacial score (nSPS) is 27.1. The molecule has 6 atom stereocenters. The van der Waals surface area contributed by atoms with Crippen LogP contribution in [0.15, 0.2) is 59.5 Å². The minimum absolute atomic E-state index is 0. The minimum Gasteiger partial charge on any atom is -0.354 e. The molecule has 3 aliphatic rings. The van der Waals surface area contributed by atoms with Gasteiger partial charge in [-0.1, -0.05) is 56.3 Å². The average molecular weight is 615 g/mol. The number of carbonyl (C=O) groups is 3. The third-order valence-electron chi connectivity index (χ3n) is 8.69. The first-order valence-electron chi connectivity index (χ1n) is 14.7. The van der Waals surface area contributed by atoms with E-state index in [1.54, 1.807) is 30.6 Å². The van der Waals surface area contributed by atoms with Crippen molar-refractivity contribution in [3.63, 3.8) is 0 Å². The molecule has 3 N–H and O–H groups in total. The lowest BCUT2D eigenvalue weighted by Crippen LogP contribution is -2.58. The van der Waals surface area contributed by atoms with Gasteiger partial charge in [-0.25, -0.2) is 0 Å². The van der Waals surface area contributed by atoms with Crippen molar-refractivity contribution in [3.05, 3.63) is 65.7 Å². The van der Waals surface area contributed by atoms with Crippen LogP contribution in [0.2, 0.25) is 0 Å². The third-order valence-corrected chi connectivity index (χ3v) is 9.83. The molecule has 2 aromatic carbocycles. The Balaban J connectivity index is 0.00000405. The molecule has 2 aromatic rings. The fourth-order valence-corrected chi connectivity index (χ4v) is 7.35. The lowest BCUT2D eigenvalue weighted by atomic mass is 9.82. The van der Waals surface area contributed by atoms with Crippen LogP contribution in [-0.4, -0.2) is 65.9 Å². The fraction of sp³-hybridized carbons (Fsp3) is 0.531. The van der Waals surface area contributed by atoms with E-state index in [9.17, 15) is 14.4 Å². The number of amides is 3. The highest BCUT2D eigenvalue weighted by Crippen LogP contribution is 2.44. The van der Waals surface area contributed by atoms with Crippen LogP contribution in [0.5, 0.6) is 0 Å². The van der Waals surface area contributed by atoms with Crippen molar-refractivity contribution in [1.29, 1.82) is 0 Å². The zero-order valence-electron chi connectivity index (χ0n) is 24.8. The summed E-state index contributed by atoms with van der Waals surface area (Å²) in [6.45, 7) is 5.82. The molecule has 2 saturated heterocycles. The maximum Gasteiger partial charge on any atom is 0.247 e. The largest absolute Gasteiger partial charge is 0.354 e. The Morgan fingerprint density at radius 1 is 1.07 bits per heavy atom. The zero-order chi connectivity index (χ0) is 29.1. The van der Waals surface area contributed by atoms with E-state index in [0.717, 1.165) is 29.7 Å². The number of nitrogens with zero attached hydrogens (tertiary/aromatic N) is 1. The molecule has 42 heavy (non-hydrogen) atoms. The van der Waals surface area contributed by atoms with Crippen LogP contribution in [0.3, 0.4) is 0 Å². The van der Waals surface area contributed by atoms with E-state index in [0.29, 0.717) is 18.6 Å². The second-order valence-corrected chi connectivity index (χ2v) is 13.2. The Labute approximate surface area is 259 Å². The molecule has 0 spiro atoms. The Hall–Kier alpha value is -2.59. The first kappa shape index (κ1) is 32.3. The molecule has 228 valence electrons. The summed E-state index contributed by atoms with van der Waals surface area (Å²) in [5, 5.41) is 9.21. The summed E-state index contributed by atoms with van der Waals surface area (Å²) in [7, 11) is 1.71. The Morgan fingerprint density at radius 3 is 2.52 bits per heavy atom. The van der Waals surface area contributed by atoms with Gasteiger partial charge >= 0.3 is 0 Å². The van der Waals surface area contributed by atoms with Gasteiger partial charge < -0.3 is 25.6 Å². The fourth-order valence-electron chi connectivity index (χ4n) is 6.40. The molecule has 0 aromatic heterocycles. The molecule has 5 rings (SSSR count). The molecule has 5 unspecified atom stereocenters. The number of hydrogen-bond acceptors (Lipinski definition) is 6. The van der Waals surface area contributed by atoms with Gasteiger partial charge in [0.25, 0.3) is 0 Å². The summed E-state index contributed by atoms with van der Waals surface area (Å²) >= 11 is 1.67. The summed E-state index contributed by atoms with van der Waals surface area (Å²) in [5.41, 5.74) is 1.91. The number of nitrogens with one attached hydrogen (secondary N) is 3. The molecular formula is C32H43ClN4O4S. The number of benzene rings is 2. The maximum atomic E-state index is 14.2. The lowest BCUT2D eigenvalue weighted by molar-refractivity contribution is -0.151. The topological polar surface area (TPSA) is 99.8 Å². The van der Waals surface area contributed by atoms with Crippen LogP contribution < -0.4 is 16.0 Å². The van der Waals surface area contributed by atoms with Crippen molar-refractivity contribution in [2.75, 3.05) is 12.8 Å². The minimum atomic E-state index is -0.788. The van der Waals surface area contributed by atoms with Crippen LogP contribution in [0.1, 0.15) is 63.6 Å². The summed E-state index contributed by atoms with van der Waals surface area (Å²) in [6.07, 6.45) is 2.93. The van der Waals surface area contributed by atoms with Gasteiger partial charge in [0, 0.05) is 23.5 Å². The highest BCUT2D eigenvalue weighted by molar-refractivity contribution is 7.99. The molecular weight excluding hydrogens is 572 g/mol. The van der Waals surface area contributed by atoms with Gasteiger partial charge in [-0.3, -0.25) is 14.4 Å².